The van der Waals surface area contributed by atoms with Crippen LogP contribution in [0.4, 0.5) is 0 Å². The zero-order valence-corrected chi connectivity index (χ0v) is 11.1. The smallest absolute Gasteiger partial charge is 0.198 e. The van der Waals surface area contributed by atoms with Crippen molar-refractivity contribution < 1.29 is 9.52 Å². The van der Waals surface area contributed by atoms with E-state index in [-0.39, 0.29) is 5.76 Å². The van der Waals surface area contributed by atoms with Gasteiger partial charge in [0.05, 0.1) is 10.2 Å². The number of hydrogen-bond donors (Lipinski definition) is 1. The molecule has 0 bridgehead atoms. The number of furan rings is 1. The highest BCUT2D eigenvalue weighted by Crippen LogP contribution is 2.33. The van der Waals surface area contributed by atoms with Crippen LogP contribution in [0.2, 0.25) is 5.02 Å². The lowest BCUT2D eigenvalue weighted by Gasteiger charge is -1.94. The fraction of sp³-hybridized carbons (Fsp3) is 0.0769. The third-order valence-corrected chi connectivity index (χ3v) is 3.85. The second-order valence-corrected chi connectivity index (χ2v) is 5.33. The molecule has 94 valence electrons. The number of aliphatic hydroxyl groups is 1. The number of nitrogens with zero attached hydrogens (tertiary/aromatic N) is 2. The summed E-state index contributed by atoms with van der Waals surface area (Å²) < 4.78 is 6.38. The number of rotatable bonds is 2. The molecule has 0 aliphatic heterocycles. The molecule has 0 amide bonds. The lowest BCUT2D eigenvalue weighted by Crippen LogP contribution is -1.88. The highest BCUT2D eigenvalue weighted by molar-refractivity contribution is 7.21. The van der Waals surface area contributed by atoms with E-state index < -0.39 is 6.10 Å². The Morgan fingerprint density at radius 2 is 2.21 bits per heavy atom. The van der Waals surface area contributed by atoms with Crippen LogP contribution in [-0.2, 0) is 0 Å². The molecule has 1 atom stereocenters. The normalized spacial score (nSPS) is 12.5. The monoisotopic (exact) mass is 290 g/mol. The molecule has 1 unspecified atom stereocenters. The summed E-state index contributed by atoms with van der Waals surface area (Å²) in [4.78, 5) is 4.42. The Hall–Kier alpha value is -1.87. The van der Waals surface area contributed by atoms with E-state index in [1.807, 2.05) is 12.1 Å². The first kappa shape index (κ1) is 12.2. The van der Waals surface area contributed by atoms with Gasteiger partial charge in [-0.05, 0) is 30.3 Å². The maximum absolute atomic E-state index is 9.38. The number of aliphatic hydroxyl groups excluding tert-OH is 1. The molecule has 0 spiro atoms. The fourth-order valence-corrected chi connectivity index (χ4v) is 2.89. The number of thiazole rings is 1. The van der Waals surface area contributed by atoms with Crippen LogP contribution < -0.4 is 0 Å². The topological polar surface area (TPSA) is 70.0 Å². The van der Waals surface area contributed by atoms with Crippen molar-refractivity contribution in [3.05, 3.63) is 41.1 Å². The molecule has 3 rings (SSSR count). The molecule has 0 saturated heterocycles. The molecule has 1 N–H and O–H groups in total. The second kappa shape index (κ2) is 4.67. The Morgan fingerprint density at radius 1 is 1.37 bits per heavy atom. The molecule has 0 aliphatic rings. The van der Waals surface area contributed by atoms with Crippen molar-refractivity contribution >= 4 is 33.2 Å². The first-order valence-electron chi connectivity index (χ1n) is 5.41. The average molecular weight is 291 g/mol. The number of aromatic nitrogens is 1. The van der Waals surface area contributed by atoms with Gasteiger partial charge in [0.15, 0.2) is 16.9 Å². The minimum absolute atomic E-state index is 0.217. The van der Waals surface area contributed by atoms with Gasteiger partial charge in [-0.3, -0.25) is 0 Å². The average Bonchev–Trinajstić information content (AvgIpc) is 3.03. The minimum atomic E-state index is -1.25. The van der Waals surface area contributed by atoms with Crippen LogP contribution in [0, 0.1) is 11.3 Å². The van der Waals surface area contributed by atoms with Gasteiger partial charge in [-0.2, -0.15) is 5.26 Å². The number of nitriles is 1. The van der Waals surface area contributed by atoms with E-state index in [2.05, 4.69) is 4.98 Å². The predicted octanol–water partition coefficient (Wildman–Crippen LogP) is 3.77. The van der Waals surface area contributed by atoms with Gasteiger partial charge < -0.3 is 9.52 Å². The summed E-state index contributed by atoms with van der Waals surface area (Å²) in [6, 6.07) is 10.4. The molecule has 6 heteroatoms. The molecule has 4 nitrogen and oxygen atoms in total. The zero-order chi connectivity index (χ0) is 13.4. The van der Waals surface area contributed by atoms with Crippen molar-refractivity contribution in [1.29, 1.82) is 5.26 Å². The van der Waals surface area contributed by atoms with Gasteiger partial charge >= 0.3 is 0 Å². The molecule has 0 aliphatic carbocycles. The van der Waals surface area contributed by atoms with Gasteiger partial charge in [0.25, 0.3) is 0 Å². The second-order valence-electron chi connectivity index (χ2n) is 3.86. The highest BCUT2D eigenvalue weighted by Gasteiger charge is 2.14. The summed E-state index contributed by atoms with van der Waals surface area (Å²) in [6.45, 7) is 0. The molecule has 19 heavy (non-hydrogen) atoms. The largest absolute Gasteiger partial charge is 0.455 e. The summed E-state index contributed by atoms with van der Waals surface area (Å²) >= 11 is 7.37. The number of hydrogen-bond acceptors (Lipinski definition) is 5. The number of fused-ring (bicyclic) bond motifs is 1. The molecule has 0 fully saturated rings. The minimum Gasteiger partial charge on any atom is -0.455 e. The van der Waals surface area contributed by atoms with Crippen molar-refractivity contribution in [1.82, 2.24) is 4.98 Å². The molecule has 2 aromatic heterocycles. The Bertz CT molecular complexity index is 787. The van der Waals surface area contributed by atoms with Crippen LogP contribution in [0.25, 0.3) is 21.0 Å². The third-order valence-electron chi connectivity index (χ3n) is 2.58. The molecule has 0 saturated carbocycles. The van der Waals surface area contributed by atoms with Crippen LogP contribution in [-0.4, -0.2) is 10.1 Å². The van der Waals surface area contributed by atoms with E-state index >= 15 is 0 Å². The summed E-state index contributed by atoms with van der Waals surface area (Å²) in [5.74, 6) is 0.747. The maximum atomic E-state index is 9.38. The molecule has 0 radical (unpaired) electrons. The summed E-state index contributed by atoms with van der Waals surface area (Å²) in [6.07, 6.45) is -1.25. The summed E-state index contributed by atoms with van der Waals surface area (Å²) in [5.41, 5.74) is 0.836. The third kappa shape index (κ3) is 2.22. The Balaban J connectivity index is 2.04. The lowest BCUT2D eigenvalue weighted by molar-refractivity contribution is 0.205. The fourth-order valence-electron chi connectivity index (χ4n) is 1.68. The predicted molar refractivity (Wildman–Crippen MR) is 72.9 cm³/mol. The van der Waals surface area contributed by atoms with Crippen LogP contribution in [0.5, 0.6) is 0 Å². The van der Waals surface area contributed by atoms with Crippen LogP contribution >= 0.6 is 22.9 Å². The highest BCUT2D eigenvalue weighted by atomic mass is 35.5. The van der Waals surface area contributed by atoms with E-state index in [4.69, 9.17) is 21.3 Å². The van der Waals surface area contributed by atoms with Crippen molar-refractivity contribution in [2.75, 3.05) is 0 Å². The van der Waals surface area contributed by atoms with E-state index in [1.165, 1.54) is 11.3 Å². The first-order valence-corrected chi connectivity index (χ1v) is 6.61. The van der Waals surface area contributed by atoms with E-state index in [1.54, 1.807) is 24.3 Å². The standard InChI is InChI=1S/C13H7ClN2O2S/c14-7-1-2-8-12(5-7)19-13(16-8)11-4-3-10(18-11)9(17)6-15/h1-5,9,17H. The Labute approximate surface area is 117 Å². The van der Waals surface area contributed by atoms with Gasteiger partial charge in [-0.15, -0.1) is 11.3 Å². The first-order chi connectivity index (χ1) is 9.17. The van der Waals surface area contributed by atoms with Gasteiger partial charge in [0, 0.05) is 5.02 Å². The van der Waals surface area contributed by atoms with Gasteiger partial charge in [0.1, 0.15) is 11.8 Å². The van der Waals surface area contributed by atoms with Crippen molar-refractivity contribution in [2.45, 2.75) is 6.10 Å². The SMILES string of the molecule is N#CC(O)c1ccc(-c2nc3ccc(Cl)cc3s2)o1. The molecular weight excluding hydrogens is 284 g/mol. The van der Waals surface area contributed by atoms with Crippen molar-refractivity contribution in [2.24, 2.45) is 0 Å². The summed E-state index contributed by atoms with van der Waals surface area (Å²) in [5, 5.41) is 19.3. The number of benzene rings is 1. The molecule has 3 aromatic rings. The van der Waals surface area contributed by atoms with Crippen molar-refractivity contribution in [3.8, 4) is 16.8 Å². The Kier molecular flexibility index (Phi) is 2.99. The molecular formula is C13H7ClN2O2S. The zero-order valence-electron chi connectivity index (χ0n) is 9.50. The van der Waals surface area contributed by atoms with Crippen LogP contribution in [0.1, 0.15) is 11.9 Å². The van der Waals surface area contributed by atoms with E-state index in [9.17, 15) is 5.11 Å². The lowest BCUT2D eigenvalue weighted by atomic mass is 10.3. The van der Waals surface area contributed by atoms with Gasteiger partial charge in [-0.25, -0.2) is 4.98 Å². The van der Waals surface area contributed by atoms with Gasteiger partial charge in [0.2, 0.25) is 0 Å². The molecule has 2 heterocycles. The van der Waals surface area contributed by atoms with Crippen LogP contribution in [0.15, 0.2) is 34.7 Å². The maximum Gasteiger partial charge on any atom is 0.198 e. The summed E-state index contributed by atoms with van der Waals surface area (Å²) in [7, 11) is 0. The van der Waals surface area contributed by atoms with Crippen molar-refractivity contribution in [3.63, 3.8) is 0 Å². The quantitative estimate of drug-likeness (QED) is 0.729. The number of halogens is 1. The van der Waals surface area contributed by atoms with E-state index in [0.717, 1.165) is 10.2 Å². The van der Waals surface area contributed by atoms with Gasteiger partial charge in [-0.1, -0.05) is 11.6 Å². The molecule has 1 aromatic carbocycles. The van der Waals surface area contributed by atoms with Crippen LogP contribution in [0.3, 0.4) is 0 Å². The van der Waals surface area contributed by atoms with E-state index in [0.29, 0.717) is 15.8 Å². The Morgan fingerprint density at radius 3 is 3.00 bits per heavy atom.